The molecule has 0 atom stereocenters. The number of rotatable bonds is 9. The lowest BCUT2D eigenvalue weighted by Crippen LogP contribution is -2.28. The molecule has 0 bridgehead atoms. The monoisotopic (exact) mass is 246 g/mol. The van der Waals surface area contributed by atoms with E-state index in [4.69, 9.17) is 9.16 Å². The van der Waals surface area contributed by atoms with Crippen molar-refractivity contribution in [3.8, 4) is 0 Å². The second-order valence-electron chi connectivity index (χ2n) is 6.23. The van der Waals surface area contributed by atoms with E-state index in [9.17, 15) is 0 Å². The van der Waals surface area contributed by atoms with E-state index in [-0.39, 0.29) is 5.41 Å². The van der Waals surface area contributed by atoms with E-state index in [0.717, 1.165) is 26.2 Å². The summed E-state index contributed by atoms with van der Waals surface area (Å²) in [5.41, 5.74) is 0.159. The van der Waals surface area contributed by atoms with E-state index >= 15 is 0 Å². The fourth-order valence-electron chi connectivity index (χ4n) is 1.24. The number of hydrogen-bond acceptors (Lipinski definition) is 2. The van der Waals surface area contributed by atoms with Crippen LogP contribution in [0.3, 0.4) is 0 Å². The molecule has 0 aliphatic carbocycles. The summed E-state index contributed by atoms with van der Waals surface area (Å²) >= 11 is 0. The number of hydrogen-bond donors (Lipinski definition) is 0. The van der Waals surface area contributed by atoms with Crippen LogP contribution in [0.5, 0.6) is 0 Å². The lowest BCUT2D eigenvalue weighted by atomic mass is 9.97. The predicted molar refractivity (Wildman–Crippen MR) is 73.7 cm³/mol. The molecule has 0 aliphatic rings. The molecule has 0 unspecified atom stereocenters. The standard InChI is InChI=1S/C13H30O2Si/c1-7-9-14-10-12(3,4)11-15-16-13(5,6)8-2/h7-11,16H2,1-6H3. The van der Waals surface area contributed by atoms with Gasteiger partial charge in [0, 0.05) is 18.6 Å². The molecule has 16 heavy (non-hydrogen) atoms. The van der Waals surface area contributed by atoms with Crippen molar-refractivity contribution in [2.24, 2.45) is 5.41 Å². The molecular weight excluding hydrogens is 216 g/mol. The van der Waals surface area contributed by atoms with E-state index in [1.54, 1.807) is 0 Å². The maximum absolute atomic E-state index is 5.94. The summed E-state index contributed by atoms with van der Waals surface area (Å²) in [4.78, 5) is 0. The molecule has 98 valence electrons. The molecule has 2 nitrogen and oxygen atoms in total. The Labute approximate surface area is 104 Å². The van der Waals surface area contributed by atoms with Gasteiger partial charge in [0.05, 0.1) is 6.61 Å². The Morgan fingerprint density at radius 1 is 1.00 bits per heavy atom. The first-order valence-corrected chi connectivity index (χ1v) is 7.77. The Kier molecular flexibility index (Phi) is 7.52. The summed E-state index contributed by atoms with van der Waals surface area (Å²) in [7, 11) is -0.425. The van der Waals surface area contributed by atoms with Crippen molar-refractivity contribution in [1.29, 1.82) is 0 Å². The first-order chi connectivity index (χ1) is 7.33. The van der Waals surface area contributed by atoms with Gasteiger partial charge in [-0.1, -0.05) is 48.0 Å². The zero-order valence-electron chi connectivity index (χ0n) is 12.1. The summed E-state index contributed by atoms with van der Waals surface area (Å²) in [6.45, 7) is 15.9. The summed E-state index contributed by atoms with van der Waals surface area (Å²) in [6.07, 6.45) is 2.31. The quantitative estimate of drug-likeness (QED) is 0.460. The smallest absolute Gasteiger partial charge is 0.167 e. The van der Waals surface area contributed by atoms with Gasteiger partial charge in [-0.25, -0.2) is 0 Å². The van der Waals surface area contributed by atoms with Gasteiger partial charge in [-0.05, 0) is 11.5 Å². The second kappa shape index (κ2) is 7.46. The molecule has 0 heterocycles. The highest BCUT2D eigenvalue weighted by atomic mass is 28.2. The van der Waals surface area contributed by atoms with Gasteiger partial charge in [-0.3, -0.25) is 0 Å². The number of ether oxygens (including phenoxy) is 1. The van der Waals surface area contributed by atoms with Crippen molar-refractivity contribution in [2.45, 2.75) is 59.4 Å². The lowest BCUT2D eigenvalue weighted by Gasteiger charge is -2.28. The molecule has 0 saturated heterocycles. The summed E-state index contributed by atoms with van der Waals surface area (Å²) < 4.78 is 11.5. The fourth-order valence-corrected chi connectivity index (χ4v) is 2.65. The fraction of sp³-hybridized carbons (Fsp3) is 1.00. The van der Waals surface area contributed by atoms with E-state index in [1.807, 2.05) is 0 Å². The van der Waals surface area contributed by atoms with Crippen LogP contribution in [0.1, 0.15) is 54.4 Å². The summed E-state index contributed by atoms with van der Waals surface area (Å²) in [6, 6.07) is 0. The van der Waals surface area contributed by atoms with Crippen molar-refractivity contribution in [1.82, 2.24) is 0 Å². The third-order valence-corrected chi connectivity index (χ3v) is 4.47. The third kappa shape index (κ3) is 8.31. The molecule has 3 heteroatoms. The summed E-state index contributed by atoms with van der Waals surface area (Å²) in [5, 5.41) is 0.431. The van der Waals surface area contributed by atoms with Crippen LogP contribution in [-0.4, -0.2) is 29.6 Å². The van der Waals surface area contributed by atoms with Gasteiger partial charge >= 0.3 is 0 Å². The van der Waals surface area contributed by atoms with Crippen molar-refractivity contribution < 1.29 is 9.16 Å². The van der Waals surface area contributed by atoms with Crippen LogP contribution in [0.25, 0.3) is 0 Å². The second-order valence-corrected chi connectivity index (χ2v) is 8.84. The van der Waals surface area contributed by atoms with E-state index in [1.165, 1.54) is 6.42 Å². The van der Waals surface area contributed by atoms with Crippen LogP contribution < -0.4 is 0 Å². The van der Waals surface area contributed by atoms with Crippen molar-refractivity contribution in [3.05, 3.63) is 0 Å². The molecule has 0 radical (unpaired) electrons. The highest BCUT2D eigenvalue weighted by Gasteiger charge is 2.21. The molecule has 0 saturated carbocycles. The maximum Gasteiger partial charge on any atom is 0.167 e. The van der Waals surface area contributed by atoms with Crippen LogP contribution >= 0.6 is 0 Å². The Morgan fingerprint density at radius 3 is 2.12 bits per heavy atom. The van der Waals surface area contributed by atoms with Gasteiger partial charge in [0.25, 0.3) is 0 Å². The van der Waals surface area contributed by atoms with Gasteiger partial charge in [0.2, 0.25) is 0 Å². The van der Waals surface area contributed by atoms with Crippen molar-refractivity contribution in [3.63, 3.8) is 0 Å². The van der Waals surface area contributed by atoms with E-state index < -0.39 is 9.76 Å². The molecule has 0 rings (SSSR count). The third-order valence-electron chi connectivity index (χ3n) is 2.78. The zero-order chi connectivity index (χ0) is 12.7. The van der Waals surface area contributed by atoms with Crippen LogP contribution in [-0.2, 0) is 9.16 Å². The highest BCUT2D eigenvalue weighted by Crippen LogP contribution is 2.27. The van der Waals surface area contributed by atoms with Gasteiger partial charge < -0.3 is 9.16 Å². The van der Waals surface area contributed by atoms with E-state index in [2.05, 4.69) is 41.5 Å². The Bertz CT molecular complexity index is 179. The van der Waals surface area contributed by atoms with E-state index in [0.29, 0.717) is 5.04 Å². The van der Waals surface area contributed by atoms with Crippen molar-refractivity contribution in [2.75, 3.05) is 19.8 Å². The minimum absolute atomic E-state index is 0.159. The molecule has 0 aromatic carbocycles. The predicted octanol–water partition coefficient (Wildman–Crippen LogP) is 3.15. The van der Waals surface area contributed by atoms with Gasteiger partial charge in [0.1, 0.15) is 0 Å². The topological polar surface area (TPSA) is 18.5 Å². The highest BCUT2D eigenvalue weighted by molar-refractivity contribution is 6.31. The first kappa shape index (κ1) is 16.1. The molecule has 0 N–H and O–H groups in total. The molecular formula is C13H30O2Si. The Balaban J connectivity index is 3.73. The summed E-state index contributed by atoms with van der Waals surface area (Å²) in [5.74, 6) is 0. The normalized spacial score (nSPS) is 13.9. The van der Waals surface area contributed by atoms with Crippen LogP contribution in [0, 0.1) is 5.41 Å². The van der Waals surface area contributed by atoms with Crippen LogP contribution in [0.15, 0.2) is 0 Å². The lowest BCUT2D eigenvalue weighted by molar-refractivity contribution is 0.0348. The Morgan fingerprint density at radius 2 is 1.62 bits per heavy atom. The van der Waals surface area contributed by atoms with Crippen LogP contribution in [0.4, 0.5) is 0 Å². The molecule has 0 fully saturated rings. The first-order valence-electron chi connectivity index (χ1n) is 6.48. The maximum atomic E-state index is 5.94. The Hall–Kier alpha value is 0.137. The minimum atomic E-state index is -0.425. The molecule has 0 aliphatic heterocycles. The average molecular weight is 246 g/mol. The SMILES string of the molecule is CCCOCC(C)(C)CO[SiH2]C(C)(C)CC. The van der Waals surface area contributed by atoms with Gasteiger partial charge in [-0.15, -0.1) is 0 Å². The average Bonchev–Trinajstić information content (AvgIpc) is 2.17. The molecule has 0 spiro atoms. The molecule has 0 amide bonds. The van der Waals surface area contributed by atoms with Crippen molar-refractivity contribution >= 4 is 9.76 Å². The minimum Gasteiger partial charge on any atom is -0.423 e. The van der Waals surface area contributed by atoms with Gasteiger partial charge in [-0.2, -0.15) is 0 Å². The zero-order valence-corrected chi connectivity index (χ0v) is 13.5. The molecule has 0 aromatic heterocycles. The largest absolute Gasteiger partial charge is 0.423 e. The van der Waals surface area contributed by atoms with Gasteiger partial charge in [0.15, 0.2) is 9.76 Å². The van der Waals surface area contributed by atoms with Crippen LogP contribution in [0.2, 0.25) is 5.04 Å². The molecule has 0 aromatic rings.